The highest BCUT2D eigenvalue weighted by atomic mass is 19.1. The van der Waals surface area contributed by atoms with E-state index in [1.54, 1.807) is 43.3 Å². The van der Waals surface area contributed by atoms with E-state index in [-0.39, 0.29) is 22.7 Å². The van der Waals surface area contributed by atoms with Crippen molar-refractivity contribution >= 4 is 29.2 Å². The molecule has 2 N–H and O–H groups in total. The number of carbonyl (C=O) groups is 3. The van der Waals surface area contributed by atoms with Gasteiger partial charge in [-0.15, -0.1) is 0 Å². The lowest BCUT2D eigenvalue weighted by molar-refractivity contribution is -0.136. The highest BCUT2D eigenvalue weighted by Crippen LogP contribution is 2.30. The summed E-state index contributed by atoms with van der Waals surface area (Å²) in [5, 5.41) is 6.06. The van der Waals surface area contributed by atoms with Crippen LogP contribution in [-0.4, -0.2) is 37.7 Å². The van der Waals surface area contributed by atoms with Crippen LogP contribution in [0.2, 0.25) is 0 Å². The lowest BCUT2D eigenvalue weighted by Gasteiger charge is -2.12. The predicted molar refractivity (Wildman–Crippen MR) is 126 cm³/mol. The van der Waals surface area contributed by atoms with Crippen LogP contribution in [0.4, 0.5) is 10.1 Å². The maximum Gasteiger partial charge on any atom is 0.347 e. The Hall–Kier alpha value is -4.73. The molecule has 0 radical (unpaired) electrons. The Morgan fingerprint density at radius 3 is 2.23 bits per heavy atom. The number of carbonyl (C=O) groups excluding carboxylic acids is 3. The average Bonchev–Trinajstić information content (AvgIpc) is 2.88. The van der Waals surface area contributed by atoms with Crippen molar-refractivity contribution in [3.63, 3.8) is 0 Å². The fraction of sp³-hybridized carbons (Fsp3) is 0.120. The molecule has 0 aliphatic heterocycles. The van der Waals surface area contributed by atoms with E-state index in [4.69, 9.17) is 14.2 Å². The van der Waals surface area contributed by atoms with Gasteiger partial charge in [0.15, 0.2) is 11.5 Å². The minimum Gasteiger partial charge on any atom is -0.496 e. The monoisotopic (exact) mass is 479 g/mol. The summed E-state index contributed by atoms with van der Waals surface area (Å²) in [5.41, 5.74) is 3.08. The number of para-hydroxylation sites is 2. The molecule has 9 nitrogen and oxygen atoms in total. The molecule has 0 fully saturated rings. The predicted octanol–water partition coefficient (Wildman–Crippen LogP) is 3.54. The smallest absolute Gasteiger partial charge is 0.347 e. The summed E-state index contributed by atoms with van der Waals surface area (Å²) in [5.74, 6) is -2.70. The van der Waals surface area contributed by atoms with Gasteiger partial charge in [-0.2, -0.15) is 5.10 Å². The Morgan fingerprint density at radius 2 is 1.51 bits per heavy atom. The summed E-state index contributed by atoms with van der Waals surface area (Å²) in [6.07, 6.45) is 0. The second-order valence-corrected chi connectivity index (χ2v) is 7.03. The van der Waals surface area contributed by atoms with Crippen molar-refractivity contribution in [1.82, 2.24) is 5.43 Å². The highest BCUT2D eigenvalue weighted by molar-refractivity contribution is 6.39. The summed E-state index contributed by atoms with van der Waals surface area (Å²) < 4.78 is 29.6. The number of nitrogens with one attached hydrogen (secondary N) is 2. The Bertz CT molecular complexity index is 1290. The molecule has 10 heteroatoms. The molecule has 0 aliphatic carbocycles. The fourth-order valence-corrected chi connectivity index (χ4v) is 2.94. The number of hydrogen-bond donors (Lipinski definition) is 2. The summed E-state index contributed by atoms with van der Waals surface area (Å²) >= 11 is 0. The number of rotatable bonds is 7. The van der Waals surface area contributed by atoms with Crippen molar-refractivity contribution in [2.45, 2.75) is 6.92 Å². The van der Waals surface area contributed by atoms with E-state index in [0.29, 0.717) is 17.0 Å². The standard InChI is InChI=1S/C25H22FN3O6/c1-15(28-29-24(31)23(30)27-19-10-6-5-9-18(19)26)16-12-13-21(22(14-16)34-3)35-25(32)17-8-4-7-11-20(17)33-2/h4-14H,1-3H3,(H,27,30)(H,29,31). The van der Waals surface area contributed by atoms with Crippen LogP contribution < -0.4 is 25.0 Å². The lowest BCUT2D eigenvalue weighted by atomic mass is 10.1. The minimum absolute atomic E-state index is 0.128. The largest absolute Gasteiger partial charge is 0.496 e. The van der Waals surface area contributed by atoms with Gasteiger partial charge < -0.3 is 19.5 Å². The van der Waals surface area contributed by atoms with Gasteiger partial charge in [-0.25, -0.2) is 14.6 Å². The quantitative estimate of drug-likeness (QED) is 0.176. The van der Waals surface area contributed by atoms with Gasteiger partial charge in [0.05, 0.1) is 25.6 Å². The molecule has 0 atom stereocenters. The summed E-state index contributed by atoms with van der Waals surface area (Å²) in [6, 6.07) is 16.7. The van der Waals surface area contributed by atoms with Crippen molar-refractivity contribution in [3.8, 4) is 17.2 Å². The molecule has 0 bridgehead atoms. The van der Waals surface area contributed by atoms with Crippen molar-refractivity contribution in [2.24, 2.45) is 5.10 Å². The number of nitrogens with zero attached hydrogens (tertiary/aromatic N) is 1. The Kier molecular flexibility index (Phi) is 8.12. The van der Waals surface area contributed by atoms with Crippen molar-refractivity contribution in [1.29, 1.82) is 0 Å². The number of halogens is 1. The third-order valence-electron chi connectivity index (χ3n) is 4.76. The SMILES string of the molecule is COc1cc(C(C)=NNC(=O)C(=O)Nc2ccccc2F)ccc1OC(=O)c1ccccc1OC. The van der Waals surface area contributed by atoms with Crippen LogP contribution in [-0.2, 0) is 9.59 Å². The molecular weight excluding hydrogens is 457 g/mol. The molecule has 35 heavy (non-hydrogen) atoms. The first-order chi connectivity index (χ1) is 16.8. The van der Waals surface area contributed by atoms with Gasteiger partial charge >= 0.3 is 17.8 Å². The number of benzene rings is 3. The average molecular weight is 479 g/mol. The molecule has 0 heterocycles. The highest BCUT2D eigenvalue weighted by Gasteiger charge is 2.18. The molecule has 180 valence electrons. The van der Waals surface area contributed by atoms with E-state index in [9.17, 15) is 18.8 Å². The van der Waals surface area contributed by atoms with Gasteiger partial charge in [-0.05, 0) is 49.4 Å². The lowest BCUT2D eigenvalue weighted by Crippen LogP contribution is -2.33. The van der Waals surface area contributed by atoms with E-state index in [1.807, 2.05) is 0 Å². The van der Waals surface area contributed by atoms with Crippen LogP contribution in [0.15, 0.2) is 71.8 Å². The van der Waals surface area contributed by atoms with Crippen LogP contribution >= 0.6 is 0 Å². The number of esters is 1. The second-order valence-electron chi connectivity index (χ2n) is 7.03. The van der Waals surface area contributed by atoms with Gasteiger partial charge in [0.1, 0.15) is 17.1 Å². The van der Waals surface area contributed by atoms with Crippen molar-refractivity contribution < 1.29 is 33.0 Å². The number of anilines is 1. The molecule has 0 saturated heterocycles. The molecule has 3 aromatic carbocycles. The van der Waals surface area contributed by atoms with Gasteiger partial charge in [0.25, 0.3) is 0 Å². The minimum atomic E-state index is -1.08. The molecule has 0 spiro atoms. The first-order valence-corrected chi connectivity index (χ1v) is 10.3. The number of methoxy groups -OCH3 is 2. The number of hydrazone groups is 1. The van der Waals surface area contributed by atoms with Gasteiger partial charge in [0.2, 0.25) is 0 Å². The zero-order valence-corrected chi connectivity index (χ0v) is 19.1. The molecule has 0 aromatic heterocycles. The van der Waals surface area contributed by atoms with E-state index in [2.05, 4.69) is 15.8 Å². The topological polar surface area (TPSA) is 115 Å². The van der Waals surface area contributed by atoms with Crippen molar-refractivity contribution in [3.05, 3.63) is 83.7 Å². The third-order valence-corrected chi connectivity index (χ3v) is 4.76. The van der Waals surface area contributed by atoms with Gasteiger partial charge in [-0.1, -0.05) is 24.3 Å². The molecule has 2 amide bonds. The zero-order valence-electron chi connectivity index (χ0n) is 19.1. The van der Waals surface area contributed by atoms with E-state index >= 15 is 0 Å². The van der Waals surface area contributed by atoms with E-state index in [0.717, 1.165) is 6.07 Å². The Labute approximate surface area is 200 Å². The second kappa shape index (κ2) is 11.4. The number of ether oxygens (including phenoxy) is 3. The molecular formula is C25H22FN3O6. The number of hydrogen-bond acceptors (Lipinski definition) is 7. The normalized spacial score (nSPS) is 10.8. The molecule has 3 aromatic rings. The Morgan fingerprint density at radius 1 is 0.829 bits per heavy atom. The molecule has 0 aliphatic rings. The van der Waals surface area contributed by atoms with Crippen LogP contribution in [0.1, 0.15) is 22.8 Å². The Balaban J connectivity index is 1.69. The van der Waals surface area contributed by atoms with Crippen LogP contribution in [0.3, 0.4) is 0 Å². The zero-order chi connectivity index (χ0) is 25.4. The maximum absolute atomic E-state index is 13.6. The van der Waals surface area contributed by atoms with E-state index in [1.165, 1.54) is 38.5 Å². The van der Waals surface area contributed by atoms with Gasteiger partial charge in [-0.3, -0.25) is 9.59 Å². The summed E-state index contributed by atoms with van der Waals surface area (Å²) in [6.45, 7) is 1.59. The number of amides is 2. The summed E-state index contributed by atoms with van der Waals surface area (Å²) in [4.78, 5) is 36.6. The van der Waals surface area contributed by atoms with Gasteiger partial charge in [0, 0.05) is 5.56 Å². The van der Waals surface area contributed by atoms with Crippen LogP contribution in [0.5, 0.6) is 17.2 Å². The molecule has 3 rings (SSSR count). The first kappa shape index (κ1) is 24.9. The first-order valence-electron chi connectivity index (χ1n) is 10.3. The molecule has 0 unspecified atom stereocenters. The fourth-order valence-electron chi connectivity index (χ4n) is 2.94. The van der Waals surface area contributed by atoms with Crippen LogP contribution in [0.25, 0.3) is 0 Å². The third kappa shape index (κ3) is 6.20. The summed E-state index contributed by atoms with van der Waals surface area (Å²) in [7, 11) is 2.85. The van der Waals surface area contributed by atoms with Crippen LogP contribution in [0, 0.1) is 5.82 Å². The molecule has 0 saturated carbocycles. The van der Waals surface area contributed by atoms with Crippen molar-refractivity contribution in [2.75, 3.05) is 19.5 Å². The maximum atomic E-state index is 13.6. The van der Waals surface area contributed by atoms with E-state index < -0.39 is 23.6 Å².